The van der Waals surface area contributed by atoms with E-state index in [9.17, 15) is 0 Å². The highest BCUT2D eigenvalue weighted by atomic mass is 16.5. The van der Waals surface area contributed by atoms with Crippen molar-refractivity contribution in [2.45, 2.75) is 6.10 Å². The molecule has 0 spiro atoms. The second-order valence-corrected chi connectivity index (χ2v) is 4.21. The molecule has 0 fully saturated rings. The van der Waals surface area contributed by atoms with Gasteiger partial charge >= 0.3 is 0 Å². The topological polar surface area (TPSA) is 52.9 Å². The fraction of sp³-hybridized carbons (Fsp3) is 0.286. The SMILES string of the molecule is COc1ccc2c(c1OC)Nc1occc1C2OC. The van der Waals surface area contributed by atoms with Crippen molar-refractivity contribution in [1.29, 1.82) is 0 Å². The lowest BCUT2D eigenvalue weighted by atomic mass is 9.97. The molecule has 0 saturated heterocycles. The molecule has 1 aliphatic rings. The van der Waals surface area contributed by atoms with Crippen molar-refractivity contribution >= 4 is 11.6 Å². The summed E-state index contributed by atoms with van der Waals surface area (Å²) >= 11 is 0. The summed E-state index contributed by atoms with van der Waals surface area (Å²) in [7, 11) is 4.89. The molecule has 100 valence electrons. The molecule has 3 rings (SSSR count). The summed E-state index contributed by atoms with van der Waals surface area (Å²) in [5.74, 6) is 1.98. The van der Waals surface area contributed by atoms with Crippen molar-refractivity contribution in [3.8, 4) is 11.5 Å². The second kappa shape index (κ2) is 4.51. The van der Waals surface area contributed by atoms with E-state index >= 15 is 0 Å². The Morgan fingerprint density at radius 1 is 1.05 bits per heavy atom. The van der Waals surface area contributed by atoms with Crippen LogP contribution in [0.1, 0.15) is 17.2 Å². The average Bonchev–Trinajstić information content (AvgIpc) is 2.91. The highest BCUT2D eigenvalue weighted by molar-refractivity contribution is 5.77. The predicted molar refractivity (Wildman–Crippen MR) is 70.4 cm³/mol. The Balaban J connectivity index is 2.20. The zero-order valence-corrected chi connectivity index (χ0v) is 11.0. The highest BCUT2D eigenvalue weighted by Crippen LogP contribution is 2.49. The molecule has 2 heterocycles. The second-order valence-electron chi connectivity index (χ2n) is 4.21. The number of furan rings is 1. The van der Waals surface area contributed by atoms with E-state index in [2.05, 4.69) is 5.32 Å². The van der Waals surface area contributed by atoms with Gasteiger partial charge < -0.3 is 23.9 Å². The molecule has 0 radical (unpaired) electrons. The summed E-state index contributed by atoms with van der Waals surface area (Å²) in [6, 6.07) is 5.74. The Morgan fingerprint density at radius 2 is 1.89 bits per heavy atom. The lowest BCUT2D eigenvalue weighted by molar-refractivity contribution is 0.135. The minimum absolute atomic E-state index is 0.176. The Kier molecular flexibility index (Phi) is 2.83. The summed E-state index contributed by atoms with van der Waals surface area (Å²) in [6.45, 7) is 0. The summed E-state index contributed by atoms with van der Waals surface area (Å²) in [6.07, 6.45) is 1.46. The van der Waals surface area contributed by atoms with Gasteiger partial charge in [-0.2, -0.15) is 0 Å². The number of nitrogens with one attached hydrogen (secondary N) is 1. The number of methoxy groups -OCH3 is 3. The van der Waals surface area contributed by atoms with Gasteiger partial charge in [0.05, 0.1) is 26.2 Å². The standard InChI is InChI=1S/C14H15NO4/c1-16-10-5-4-8-11(13(10)18-3)15-14-9(6-7-19-14)12(8)17-2/h4-7,12,15H,1-3H3. The van der Waals surface area contributed by atoms with E-state index in [1.54, 1.807) is 27.6 Å². The first-order chi connectivity index (χ1) is 9.30. The quantitative estimate of drug-likeness (QED) is 0.920. The van der Waals surface area contributed by atoms with Crippen molar-refractivity contribution in [1.82, 2.24) is 0 Å². The van der Waals surface area contributed by atoms with Gasteiger partial charge in [-0.25, -0.2) is 0 Å². The van der Waals surface area contributed by atoms with E-state index in [1.165, 1.54) is 0 Å². The number of benzene rings is 1. The molecule has 0 aliphatic carbocycles. The third-order valence-corrected chi connectivity index (χ3v) is 3.31. The number of hydrogen-bond acceptors (Lipinski definition) is 5. The van der Waals surface area contributed by atoms with E-state index in [0.717, 1.165) is 16.8 Å². The van der Waals surface area contributed by atoms with Crippen molar-refractivity contribution in [3.05, 3.63) is 35.6 Å². The van der Waals surface area contributed by atoms with Crippen LogP contribution in [0.15, 0.2) is 28.9 Å². The van der Waals surface area contributed by atoms with Crippen molar-refractivity contribution in [2.75, 3.05) is 26.6 Å². The predicted octanol–water partition coefficient (Wildman–Crippen LogP) is 3.09. The summed E-state index contributed by atoms with van der Waals surface area (Å²) < 4.78 is 21.7. The Labute approximate surface area is 111 Å². The van der Waals surface area contributed by atoms with E-state index in [-0.39, 0.29) is 6.10 Å². The van der Waals surface area contributed by atoms with Crippen LogP contribution in [0, 0.1) is 0 Å². The van der Waals surface area contributed by atoms with Gasteiger partial charge in [0.1, 0.15) is 6.10 Å². The molecule has 0 saturated carbocycles. The van der Waals surface area contributed by atoms with Crippen LogP contribution in [0.3, 0.4) is 0 Å². The van der Waals surface area contributed by atoms with Crippen LogP contribution >= 0.6 is 0 Å². The number of ether oxygens (including phenoxy) is 3. The van der Waals surface area contributed by atoms with Crippen LogP contribution in [-0.2, 0) is 4.74 Å². The van der Waals surface area contributed by atoms with Gasteiger partial charge in [-0.3, -0.25) is 0 Å². The van der Waals surface area contributed by atoms with Crippen LogP contribution < -0.4 is 14.8 Å². The lowest BCUT2D eigenvalue weighted by Gasteiger charge is -2.27. The largest absolute Gasteiger partial charge is 0.493 e. The molecule has 1 aliphatic heterocycles. The fourth-order valence-corrected chi connectivity index (χ4v) is 2.45. The first-order valence-corrected chi connectivity index (χ1v) is 5.92. The zero-order valence-electron chi connectivity index (χ0n) is 11.0. The van der Waals surface area contributed by atoms with Crippen LogP contribution in [0.25, 0.3) is 0 Å². The van der Waals surface area contributed by atoms with Gasteiger partial charge in [-0.15, -0.1) is 0 Å². The van der Waals surface area contributed by atoms with Crippen LogP contribution in [0.5, 0.6) is 11.5 Å². The Hall–Kier alpha value is -2.14. The van der Waals surface area contributed by atoms with Gasteiger partial charge in [-0.05, 0) is 12.1 Å². The molecule has 19 heavy (non-hydrogen) atoms. The van der Waals surface area contributed by atoms with Crippen molar-refractivity contribution < 1.29 is 18.6 Å². The molecule has 0 bridgehead atoms. The molecular formula is C14H15NO4. The van der Waals surface area contributed by atoms with Gasteiger partial charge in [0.2, 0.25) is 5.88 Å². The molecular weight excluding hydrogens is 246 g/mol. The molecule has 1 unspecified atom stereocenters. The number of hydrogen-bond donors (Lipinski definition) is 1. The smallest absolute Gasteiger partial charge is 0.203 e. The molecule has 5 heteroatoms. The maximum atomic E-state index is 5.58. The third-order valence-electron chi connectivity index (χ3n) is 3.31. The number of anilines is 2. The van der Waals surface area contributed by atoms with E-state index < -0.39 is 0 Å². The van der Waals surface area contributed by atoms with Gasteiger partial charge in [-0.1, -0.05) is 6.07 Å². The first kappa shape index (κ1) is 11.9. The zero-order chi connectivity index (χ0) is 13.4. The van der Waals surface area contributed by atoms with E-state index in [4.69, 9.17) is 18.6 Å². The minimum Gasteiger partial charge on any atom is -0.493 e. The average molecular weight is 261 g/mol. The van der Waals surface area contributed by atoms with Crippen LogP contribution in [0.2, 0.25) is 0 Å². The molecule has 2 aromatic rings. The van der Waals surface area contributed by atoms with Crippen molar-refractivity contribution in [2.24, 2.45) is 0 Å². The van der Waals surface area contributed by atoms with Gasteiger partial charge in [0.15, 0.2) is 11.5 Å². The molecule has 1 aromatic heterocycles. The van der Waals surface area contributed by atoms with Crippen LogP contribution in [0.4, 0.5) is 11.6 Å². The normalized spacial score (nSPS) is 16.3. The molecule has 1 N–H and O–H groups in total. The summed E-state index contributed by atoms with van der Waals surface area (Å²) in [5, 5.41) is 3.23. The summed E-state index contributed by atoms with van der Waals surface area (Å²) in [5.41, 5.74) is 2.78. The maximum Gasteiger partial charge on any atom is 0.203 e. The lowest BCUT2D eigenvalue weighted by Crippen LogP contribution is -2.14. The third kappa shape index (κ3) is 1.66. The fourth-order valence-electron chi connectivity index (χ4n) is 2.45. The Bertz CT molecular complexity index is 605. The molecule has 1 aromatic carbocycles. The van der Waals surface area contributed by atoms with Crippen LogP contribution in [-0.4, -0.2) is 21.3 Å². The summed E-state index contributed by atoms with van der Waals surface area (Å²) in [4.78, 5) is 0. The van der Waals surface area contributed by atoms with Gasteiger partial charge in [0, 0.05) is 18.2 Å². The Morgan fingerprint density at radius 3 is 2.58 bits per heavy atom. The van der Waals surface area contributed by atoms with E-state index in [0.29, 0.717) is 17.4 Å². The maximum absolute atomic E-state index is 5.58. The highest BCUT2D eigenvalue weighted by Gasteiger charge is 2.31. The van der Waals surface area contributed by atoms with Gasteiger partial charge in [0.25, 0.3) is 0 Å². The molecule has 1 atom stereocenters. The molecule has 0 amide bonds. The number of rotatable bonds is 3. The van der Waals surface area contributed by atoms with E-state index in [1.807, 2.05) is 18.2 Å². The minimum atomic E-state index is -0.176. The number of fused-ring (bicyclic) bond motifs is 2. The first-order valence-electron chi connectivity index (χ1n) is 5.92. The van der Waals surface area contributed by atoms with Crippen molar-refractivity contribution in [3.63, 3.8) is 0 Å². The molecule has 5 nitrogen and oxygen atoms in total. The monoisotopic (exact) mass is 261 g/mol.